The molecule has 0 fully saturated rings. The smallest absolute Gasteiger partial charge is 0.246 e. The number of fused-ring (bicyclic) bond motifs is 1. The van der Waals surface area contributed by atoms with Gasteiger partial charge in [-0.05, 0) is 18.1 Å². The first-order valence-corrected chi connectivity index (χ1v) is 5.21. The zero-order valence-electron chi connectivity index (χ0n) is 8.71. The number of hydrogen-bond acceptors (Lipinski definition) is 3. The molecule has 0 aliphatic carbocycles. The molecule has 0 saturated heterocycles. The number of hydrogen-bond donors (Lipinski definition) is 1. The van der Waals surface area contributed by atoms with E-state index in [0.717, 1.165) is 5.56 Å². The number of halogens is 1. The van der Waals surface area contributed by atoms with Crippen molar-refractivity contribution >= 4 is 11.6 Å². The van der Waals surface area contributed by atoms with E-state index in [9.17, 15) is 0 Å². The predicted octanol–water partition coefficient (Wildman–Crippen LogP) is 2.38. The van der Waals surface area contributed by atoms with Crippen LogP contribution in [0.2, 0.25) is 5.02 Å². The average Bonchev–Trinajstić information content (AvgIpc) is 2.39. The lowest BCUT2D eigenvalue weighted by Crippen LogP contribution is -2.29. The third-order valence-corrected chi connectivity index (χ3v) is 2.56. The van der Waals surface area contributed by atoms with Crippen LogP contribution >= 0.6 is 11.6 Å². The molecule has 1 N–H and O–H groups in total. The summed E-state index contributed by atoms with van der Waals surface area (Å²) in [5, 5.41) is 9.47. The Morgan fingerprint density at radius 2 is 1.87 bits per heavy atom. The van der Waals surface area contributed by atoms with E-state index in [4.69, 9.17) is 26.2 Å². The van der Waals surface area contributed by atoms with Gasteiger partial charge in [0.25, 0.3) is 0 Å². The molecule has 0 aromatic heterocycles. The van der Waals surface area contributed by atoms with Gasteiger partial charge < -0.3 is 14.6 Å². The molecule has 2 rings (SSSR count). The van der Waals surface area contributed by atoms with Gasteiger partial charge in [0.15, 0.2) is 11.5 Å². The second-order valence-electron chi connectivity index (χ2n) is 3.97. The molecule has 0 unspecified atom stereocenters. The van der Waals surface area contributed by atoms with Crippen LogP contribution in [0.15, 0.2) is 12.1 Å². The van der Waals surface area contributed by atoms with Crippen molar-refractivity contribution < 1.29 is 14.6 Å². The van der Waals surface area contributed by atoms with Gasteiger partial charge in [-0.15, -0.1) is 0 Å². The summed E-state index contributed by atoms with van der Waals surface area (Å²) in [5.74, 6) is 0.711. The topological polar surface area (TPSA) is 38.7 Å². The first kappa shape index (κ1) is 10.6. The van der Waals surface area contributed by atoms with Crippen LogP contribution in [0.25, 0.3) is 0 Å². The monoisotopic (exact) mass is 228 g/mol. The fourth-order valence-electron chi connectivity index (χ4n) is 1.60. The third kappa shape index (κ3) is 2.03. The van der Waals surface area contributed by atoms with E-state index in [2.05, 4.69) is 0 Å². The fraction of sp³-hybridized carbons (Fsp3) is 0.455. The summed E-state index contributed by atoms with van der Waals surface area (Å²) in [6, 6.07) is 3.55. The van der Waals surface area contributed by atoms with Crippen LogP contribution in [0.4, 0.5) is 0 Å². The fourth-order valence-corrected chi connectivity index (χ4v) is 1.85. The van der Waals surface area contributed by atoms with E-state index < -0.39 is 5.79 Å². The molecule has 0 atom stereocenters. The lowest BCUT2D eigenvalue weighted by molar-refractivity contribution is -0.0431. The molecular formula is C11H13ClO3. The van der Waals surface area contributed by atoms with Crippen molar-refractivity contribution in [2.75, 3.05) is 6.61 Å². The van der Waals surface area contributed by atoms with Crippen LogP contribution in [0.5, 0.6) is 11.5 Å². The molecule has 1 aliphatic rings. The van der Waals surface area contributed by atoms with E-state index in [-0.39, 0.29) is 6.61 Å². The zero-order chi connectivity index (χ0) is 11.1. The standard InChI is InChI=1S/C11H13ClO3/c1-11(2)14-9-5-7(3-4-13)8(12)6-10(9)15-11/h5-6,13H,3-4H2,1-2H3. The van der Waals surface area contributed by atoms with Crippen LogP contribution in [0, 0.1) is 0 Å². The summed E-state index contributed by atoms with van der Waals surface area (Å²) in [5.41, 5.74) is 0.874. The Morgan fingerprint density at radius 3 is 2.47 bits per heavy atom. The SMILES string of the molecule is CC1(C)Oc2cc(Cl)c(CCO)cc2O1. The average molecular weight is 229 g/mol. The molecular weight excluding hydrogens is 216 g/mol. The Hall–Kier alpha value is -0.930. The molecule has 0 saturated carbocycles. The molecule has 1 aromatic rings. The van der Waals surface area contributed by atoms with Gasteiger partial charge in [-0.25, -0.2) is 0 Å². The molecule has 0 radical (unpaired) electrons. The minimum absolute atomic E-state index is 0.0722. The van der Waals surface area contributed by atoms with Crippen molar-refractivity contribution in [3.05, 3.63) is 22.7 Å². The van der Waals surface area contributed by atoms with Gasteiger partial charge in [-0.1, -0.05) is 11.6 Å². The van der Waals surface area contributed by atoms with Crippen molar-refractivity contribution in [3.63, 3.8) is 0 Å². The Kier molecular flexibility index (Phi) is 2.52. The highest BCUT2D eigenvalue weighted by Gasteiger charge is 2.32. The number of aliphatic hydroxyl groups excluding tert-OH is 1. The van der Waals surface area contributed by atoms with E-state index in [1.807, 2.05) is 19.9 Å². The molecule has 0 spiro atoms. The molecule has 82 valence electrons. The first-order chi connectivity index (χ1) is 7.02. The summed E-state index contributed by atoms with van der Waals surface area (Å²) >= 11 is 6.03. The summed E-state index contributed by atoms with van der Waals surface area (Å²) in [6.45, 7) is 3.75. The minimum atomic E-state index is -0.635. The highest BCUT2D eigenvalue weighted by atomic mass is 35.5. The Bertz CT molecular complexity index is 388. The summed E-state index contributed by atoms with van der Waals surface area (Å²) in [6.07, 6.45) is 0.524. The van der Waals surface area contributed by atoms with Gasteiger partial charge in [0, 0.05) is 31.5 Å². The van der Waals surface area contributed by atoms with Gasteiger partial charge in [-0.3, -0.25) is 0 Å². The maximum absolute atomic E-state index is 8.86. The zero-order valence-corrected chi connectivity index (χ0v) is 9.47. The number of benzene rings is 1. The van der Waals surface area contributed by atoms with Crippen molar-refractivity contribution in [3.8, 4) is 11.5 Å². The quantitative estimate of drug-likeness (QED) is 0.845. The van der Waals surface area contributed by atoms with Crippen molar-refractivity contribution in [2.45, 2.75) is 26.1 Å². The van der Waals surface area contributed by atoms with Gasteiger partial charge in [0.2, 0.25) is 5.79 Å². The normalized spacial score (nSPS) is 16.8. The van der Waals surface area contributed by atoms with Crippen LogP contribution in [-0.4, -0.2) is 17.5 Å². The molecule has 1 heterocycles. The molecule has 0 bridgehead atoms. The molecule has 3 nitrogen and oxygen atoms in total. The van der Waals surface area contributed by atoms with Gasteiger partial charge in [0.1, 0.15) is 0 Å². The van der Waals surface area contributed by atoms with E-state index in [1.54, 1.807) is 6.07 Å². The Labute approximate surface area is 93.6 Å². The van der Waals surface area contributed by atoms with Gasteiger partial charge in [-0.2, -0.15) is 0 Å². The largest absolute Gasteiger partial charge is 0.449 e. The second-order valence-corrected chi connectivity index (χ2v) is 4.38. The van der Waals surface area contributed by atoms with Gasteiger partial charge in [0.05, 0.1) is 0 Å². The van der Waals surface area contributed by atoms with E-state index >= 15 is 0 Å². The van der Waals surface area contributed by atoms with Crippen LogP contribution in [0.3, 0.4) is 0 Å². The van der Waals surface area contributed by atoms with Gasteiger partial charge >= 0.3 is 0 Å². The van der Waals surface area contributed by atoms with Crippen molar-refractivity contribution in [1.82, 2.24) is 0 Å². The van der Waals surface area contributed by atoms with E-state index in [1.165, 1.54) is 0 Å². The predicted molar refractivity (Wildman–Crippen MR) is 57.6 cm³/mol. The molecule has 1 aliphatic heterocycles. The molecule has 4 heteroatoms. The Morgan fingerprint density at radius 1 is 1.27 bits per heavy atom. The summed E-state index contributed by atoms with van der Waals surface area (Å²) in [7, 11) is 0. The minimum Gasteiger partial charge on any atom is -0.449 e. The lowest BCUT2D eigenvalue weighted by atomic mass is 10.1. The molecule has 1 aromatic carbocycles. The van der Waals surface area contributed by atoms with Crippen molar-refractivity contribution in [1.29, 1.82) is 0 Å². The van der Waals surface area contributed by atoms with Crippen LogP contribution in [-0.2, 0) is 6.42 Å². The number of rotatable bonds is 2. The molecule has 0 amide bonds. The third-order valence-electron chi connectivity index (χ3n) is 2.21. The highest BCUT2D eigenvalue weighted by Crippen LogP contribution is 2.42. The lowest BCUT2D eigenvalue weighted by Gasteiger charge is -2.16. The molecule has 15 heavy (non-hydrogen) atoms. The number of aliphatic hydroxyl groups is 1. The Balaban J connectivity index is 2.36. The van der Waals surface area contributed by atoms with Crippen LogP contribution in [0.1, 0.15) is 19.4 Å². The second kappa shape index (κ2) is 3.58. The maximum Gasteiger partial charge on any atom is 0.246 e. The maximum atomic E-state index is 8.86. The van der Waals surface area contributed by atoms with E-state index in [0.29, 0.717) is 22.9 Å². The first-order valence-electron chi connectivity index (χ1n) is 4.83. The van der Waals surface area contributed by atoms with Crippen molar-refractivity contribution in [2.24, 2.45) is 0 Å². The summed E-state index contributed by atoms with van der Waals surface area (Å²) in [4.78, 5) is 0. The highest BCUT2D eigenvalue weighted by molar-refractivity contribution is 6.31. The number of ether oxygens (including phenoxy) is 2. The van der Waals surface area contributed by atoms with Crippen LogP contribution < -0.4 is 9.47 Å². The summed E-state index contributed by atoms with van der Waals surface area (Å²) < 4.78 is 11.1.